The number of unbranched alkanes of at least 4 members (excludes halogenated alkanes) is 1. The van der Waals surface area contributed by atoms with E-state index in [0.29, 0.717) is 12.7 Å². The Hall–Kier alpha value is -1.07. The van der Waals surface area contributed by atoms with E-state index in [1.54, 1.807) is 6.29 Å². The number of carbonyl (C=O) groups excluding carboxylic acids is 2. The van der Waals surface area contributed by atoms with Crippen molar-refractivity contribution in [3.05, 3.63) is 0 Å². The van der Waals surface area contributed by atoms with Crippen LogP contribution in [0.5, 0.6) is 0 Å². The molecule has 0 aliphatic carbocycles. The van der Waals surface area contributed by atoms with E-state index >= 15 is 0 Å². The molecule has 0 fully saturated rings. The molecule has 0 saturated heterocycles. The average Bonchev–Trinajstić information content (AvgIpc) is 2.12. The second kappa shape index (κ2) is 15.4. The zero-order valence-corrected chi connectivity index (χ0v) is 10.2. The molecule has 1 radical (unpaired) electrons. The monoisotopic (exact) mass is 396 g/mol. The van der Waals surface area contributed by atoms with Crippen LogP contribution in [-0.2, 0) is 39.3 Å². The van der Waals surface area contributed by atoms with E-state index in [4.69, 9.17) is 10.2 Å². The topological polar surface area (TPSA) is 109 Å². The predicted octanol–water partition coefficient (Wildman–Crippen LogP) is 0.00850. The minimum Gasteiger partial charge on any atom is -0.542 e. The molecule has 0 atom stereocenters. The fourth-order valence-electron chi connectivity index (χ4n) is 0.332. The van der Waals surface area contributed by atoms with E-state index in [1.807, 2.05) is 0 Å². The van der Waals surface area contributed by atoms with Crippen LogP contribution in [0.25, 0.3) is 0 Å². The summed E-state index contributed by atoms with van der Waals surface area (Å²) in [5.74, 6) is -2.15. The van der Waals surface area contributed by atoms with Crippen molar-refractivity contribution < 1.29 is 49.5 Å². The molecule has 89 valence electrons. The van der Waals surface area contributed by atoms with Gasteiger partial charge in [-0.1, -0.05) is 0 Å². The first-order valence-electron chi connectivity index (χ1n) is 3.76. The molecule has 0 aliphatic rings. The molecule has 0 saturated carbocycles. The fraction of sp³-hybridized carbons (Fsp3) is 0.500. The maximum absolute atomic E-state index is 9.64. The summed E-state index contributed by atoms with van der Waals surface area (Å²) >= 11 is 0. The second-order valence-electron chi connectivity index (χ2n) is 2.14. The minimum absolute atomic E-state index is 0. The number of carbonyl (C=O) groups is 3. The van der Waals surface area contributed by atoms with Gasteiger partial charge in [0.05, 0.1) is 12.8 Å². The van der Waals surface area contributed by atoms with Gasteiger partial charge in [-0.25, -0.2) is 0 Å². The first kappa shape index (κ1) is 19.5. The number of hydrogen-bond donors (Lipinski definition) is 2. The largest absolute Gasteiger partial charge is 0.542 e. The molecule has 0 aromatic carbocycles. The van der Waals surface area contributed by atoms with Gasteiger partial charge in [0.25, 0.3) is 0 Å². The molecule has 0 aromatic rings. The van der Waals surface area contributed by atoms with Crippen LogP contribution in [0.3, 0.4) is 0 Å². The fourth-order valence-corrected chi connectivity index (χ4v) is 0.332. The second-order valence-corrected chi connectivity index (χ2v) is 2.14. The van der Waals surface area contributed by atoms with Crippen molar-refractivity contribution >= 4 is 24.5 Å². The van der Waals surface area contributed by atoms with Gasteiger partial charge in [-0.2, -0.15) is 0 Å². The Morgan fingerprint density at radius 3 is 1.67 bits per heavy atom. The first-order chi connectivity index (χ1) is 6.54. The summed E-state index contributed by atoms with van der Waals surface area (Å²) in [4.78, 5) is 37.9. The van der Waals surface area contributed by atoms with Crippen LogP contribution in [0, 0.1) is 0 Å². The van der Waals surface area contributed by atoms with E-state index in [-0.39, 0.29) is 39.4 Å². The quantitative estimate of drug-likeness (QED) is 0.373. The Morgan fingerprint density at radius 2 is 1.53 bits per heavy atom. The number of rotatable bonds is 6. The first-order valence-corrected chi connectivity index (χ1v) is 3.76. The molecular formula is C8H11IrO6-. The molecule has 0 spiro atoms. The SMILES string of the molecule is O=C(O)CCC(=O)O.O=[C-]CCC=O.[Ir]. The summed E-state index contributed by atoms with van der Waals surface area (Å²) in [6, 6.07) is 0. The summed E-state index contributed by atoms with van der Waals surface area (Å²) in [5, 5.41) is 15.8. The van der Waals surface area contributed by atoms with Crippen LogP contribution in [0.15, 0.2) is 0 Å². The molecule has 0 rings (SSSR count). The van der Waals surface area contributed by atoms with Gasteiger partial charge in [-0.05, 0) is 6.42 Å². The van der Waals surface area contributed by atoms with Crippen LogP contribution >= 0.6 is 0 Å². The molecule has 0 bridgehead atoms. The molecule has 0 aromatic heterocycles. The third-order valence-corrected chi connectivity index (χ3v) is 0.917. The summed E-state index contributed by atoms with van der Waals surface area (Å²) in [5.41, 5.74) is 0. The average molecular weight is 395 g/mol. The van der Waals surface area contributed by atoms with Gasteiger partial charge in [-0.15, -0.1) is 6.42 Å². The Morgan fingerprint density at radius 1 is 1.13 bits per heavy atom. The summed E-state index contributed by atoms with van der Waals surface area (Å²) in [7, 11) is 0. The van der Waals surface area contributed by atoms with Crippen molar-refractivity contribution in [3.8, 4) is 0 Å². The van der Waals surface area contributed by atoms with Crippen LogP contribution in [0.1, 0.15) is 25.7 Å². The maximum atomic E-state index is 9.64. The molecule has 15 heavy (non-hydrogen) atoms. The molecule has 7 heteroatoms. The molecule has 2 N–H and O–H groups in total. The molecule has 0 amide bonds. The third-order valence-electron chi connectivity index (χ3n) is 0.917. The van der Waals surface area contributed by atoms with Gasteiger partial charge in [0.15, 0.2) is 0 Å². The van der Waals surface area contributed by atoms with E-state index in [2.05, 4.69) is 0 Å². The Labute approximate surface area is 100 Å². The van der Waals surface area contributed by atoms with Crippen LogP contribution < -0.4 is 0 Å². The van der Waals surface area contributed by atoms with Crippen molar-refractivity contribution in [1.29, 1.82) is 0 Å². The van der Waals surface area contributed by atoms with Crippen LogP contribution in [-0.4, -0.2) is 34.7 Å². The van der Waals surface area contributed by atoms with Crippen molar-refractivity contribution in [2.45, 2.75) is 25.7 Å². The molecular weight excluding hydrogens is 384 g/mol. The normalized spacial score (nSPS) is 7.47. The molecule has 0 heterocycles. The van der Waals surface area contributed by atoms with E-state index in [0.717, 1.165) is 0 Å². The van der Waals surface area contributed by atoms with E-state index < -0.39 is 11.9 Å². The Balaban J connectivity index is -0.000000187. The van der Waals surface area contributed by atoms with Gasteiger partial charge in [0.2, 0.25) is 0 Å². The molecule has 0 unspecified atom stereocenters. The van der Waals surface area contributed by atoms with Crippen LogP contribution in [0.4, 0.5) is 0 Å². The zero-order chi connectivity index (χ0) is 11.4. The van der Waals surface area contributed by atoms with Crippen molar-refractivity contribution in [2.24, 2.45) is 0 Å². The molecule has 0 aliphatic heterocycles. The number of aldehydes is 1. The van der Waals surface area contributed by atoms with Crippen molar-refractivity contribution in [1.82, 2.24) is 0 Å². The van der Waals surface area contributed by atoms with Crippen molar-refractivity contribution in [2.75, 3.05) is 0 Å². The summed E-state index contributed by atoms with van der Waals surface area (Å²) < 4.78 is 0. The Bertz CT molecular complexity index is 181. The smallest absolute Gasteiger partial charge is 0.303 e. The van der Waals surface area contributed by atoms with Gasteiger partial charge < -0.3 is 19.8 Å². The van der Waals surface area contributed by atoms with Crippen molar-refractivity contribution in [3.63, 3.8) is 0 Å². The third kappa shape index (κ3) is 32.2. The number of hydrogen-bond acceptors (Lipinski definition) is 4. The van der Waals surface area contributed by atoms with Gasteiger partial charge in [0, 0.05) is 20.1 Å². The number of carboxylic acids is 2. The summed E-state index contributed by atoms with van der Waals surface area (Å²) in [6.07, 6.45) is 2.24. The van der Waals surface area contributed by atoms with Crippen LogP contribution in [0.2, 0.25) is 0 Å². The van der Waals surface area contributed by atoms with Gasteiger partial charge in [-0.3, -0.25) is 15.9 Å². The summed E-state index contributed by atoms with van der Waals surface area (Å²) in [6.45, 7) is 0. The maximum Gasteiger partial charge on any atom is 0.303 e. The number of aliphatic carboxylic acids is 2. The zero-order valence-electron chi connectivity index (χ0n) is 7.77. The van der Waals surface area contributed by atoms with E-state index in [1.165, 1.54) is 0 Å². The van der Waals surface area contributed by atoms with E-state index in [9.17, 15) is 19.2 Å². The standard InChI is InChI=1S/C4H6O4.C4H5O2.Ir/c5-3(6)1-2-4(7)8;5-3-1-2-4-6;/h1-2H2,(H,5,6)(H,7,8);3H,1-2H2;/q;-1;. The molecule has 6 nitrogen and oxygen atoms in total. The Kier molecular flexibility index (Phi) is 20.0. The van der Waals surface area contributed by atoms with Gasteiger partial charge >= 0.3 is 11.9 Å². The predicted molar refractivity (Wildman–Crippen MR) is 45.5 cm³/mol. The van der Waals surface area contributed by atoms with Gasteiger partial charge in [0.1, 0.15) is 6.29 Å². The minimum atomic E-state index is -1.08. The number of carboxylic acid groups (broad SMARTS) is 2.